The number of rotatable bonds is 7. The number of carbonyl (C=O) groups excluding carboxylic acids is 3. The molecule has 0 amide bonds. The number of carbonyl (C=O) groups is 3. The van der Waals surface area contributed by atoms with Crippen LogP contribution in [0.5, 0.6) is 0 Å². The molecule has 128 valence electrons. The highest BCUT2D eigenvalue weighted by Gasteiger charge is 2.18. The molecule has 0 aromatic carbocycles. The number of nitrogens with zero attached hydrogens (tertiary/aromatic N) is 1. The minimum atomic E-state index is -0.576. The number of aryl methyl sites for hydroxylation is 1. The number of esters is 2. The first-order valence-electron chi connectivity index (χ1n) is 7.51. The van der Waals surface area contributed by atoms with Gasteiger partial charge in [0.15, 0.2) is 6.61 Å². The summed E-state index contributed by atoms with van der Waals surface area (Å²) in [5, 5.41) is 0. The van der Waals surface area contributed by atoms with E-state index >= 15 is 0 Å². The van der Waals surface area contributed by atoms with E-state index in [4.69, 9.17) is 4.74 Å². The average Bonchev–Trinajstić information content (AvgIpc) is 3.19. The van der Waals surface area contributed by atoms with Gasteiger partial charge in [-0.15, -0.1) is 0 Å². The van der Waals surface area contributed by atoms with Crippen molar-refractivity contribution in [1.29, 1.82) is 0 Å². The molecule has 7 nitrogen and oxygen atoms in total. The lowest BCUT2D eigenvalue weighted by Crippen LogP contribution is -2.15. The molecule has 2 aromatic rings. The fourth-order valence-electron chi connectivity index (χ4n) is 2.48. The maximum atomic E-state index is 12.3. The largest absolute Gasteiger partial charge is 0.469 e. The first-order chi connectivity index (χ1) is 11.4. The minimum absolute atomic E-state index is 0.225. The van der Waals surface area contributed by atoms with E-state index in [0.29, 0.717) is 17.8 Å². The molecule has 2 rings (SSSR count). The number of hydrogen-bond donors (Lipinski definition) is 1. The molecule has 0 fully saturated rings. The van der Waals surface area contributed by atoms with Gasteiger partial charge in [-0.3, -0.25) is 9.59 Å². The van der Waals surface area contributed by atoms with Crippen molar-refractivity contribution in [2.75, 3.05) is 13.7 Å². The fraction of sp³-hybridized carbons (Fsp3) is 0.353. The Morgan fingerprint density at radius 2 is 2.00 bits per heavy atom. The number of nitrogens with one attached hydrogen (secondary N) is 1. The number of H-pyrrole nitrogens is 1. The van der Waals surface area contributed by atoms with Gasteiger partial charge in [-0.2, -0.15) is 0 Å². The van der Waals surface area contributed by atoms with Gasteiger partial charge >= 0.3 is 11.9 Å². The first kappa shape index (κ1) is 17.5. The van der Waals surface area contributed by atoms with Crippen LogP contribution in [-0.2, 0) is 20.8 Å². The summed E-state index contributed by atoms with van der Waals surface area (Å²) in [5.41, 5.74) is 2.37. The molecule has 1 N–H and O–H groups in total. The van der Waals surface area contributed by atoms with E-state index in [9.17, 15) is 14.4 Å². The smallest absolute Gasteiger partial charge is 0.355 e. The van der Waals surface area contributed by atoms with Crippen LogP contribution in [0.2, 0.25) is 0 Å². The Labute approximate surface area is 139 Å². The predicted octanol–water partition coefficient (Wildman–Crippen LogP) is 2.04. The van der Waals surface area contributed by atoms with E-state index in [1.54, 1.807) is 31.3 Å². The summed E-state index contributed by atoms with van der Waals surface area (Å²) in [6.07, 6.45) is 1.83. The summed E-state index contributed by atoms with van der Waals surface area (Å²) >= 11 is 0. The van der Waals surface area contributed by atoms with Crippen LogP contribution in [0.3, 0.4) is 0 Å². The Morgan fingerprint density at radius 3 is 2.62 bits per heavy atom. The number of aromatic amines is 1. The molecule has 0 saturated carbocycles. The van der Waals surface area contributed by atoms with Crippen molar-refractivity contribution in [3.8, 4) is 0 Å². The van der Waals surface area contributed by atoms with E-state index in [0.717, 1.165) is 11.4 Å². The topological polar surface area (TPSA) is 90.4 Å². The van der Waals surface area contributed by atoms with Crippen LogP contribution in [0, 0.1) is 13.8 Å². The van der Waals surface area contributed by atoms with Crippen molar-refractivity contribution in [3.63, 3.8) is 0 Å². The molecule has 0 radical (unpaired) electrons. The zero-order chi connectivity index (χ0) is 17.7. The number of ketones is 1. The summed E-state index contributed by atoms with van der Waals surface area (Å²) in [6, 6.07) is 4.98. The third-order valence-corrected chi connectivity index (χ3v) is 3.79. The van der Waals surface area contributed by atoms with Gasteiger partial charge in [0.2, 0.25) is 5.78 Å². The van der Waals surface area contributed by atoms with Crippen molar-refractivity contribution in [2.45, 2.75) is 26.8 Å². The lowest BCUT2D eigenvalue weighted by molar-refractivity contribution is -0.140. The van der Waals surface area contributed by atoms with Crippen molar-refractivity contribution in [2.24, 2.45) is 0 Å². The van der Waals surface area contributed by atoms with Crippen molar-refractivity contribution < 1.29 is 23.9 Å². The molecule has 2 heterocycles. The van der Waals surface area contributed by atoms with Crippen LogP contribution >= 0.6 is 0 Å². The van der Waals surface area contributed by atoms with Crippen LogP contribution in [0.1, 0.15) is 38.7 Å². The van der Waals surface area contributed by atoms with Crippen molar-refractivity contribution in [1.82, 2.24) is 9.55 Å². The van der Waals surface area contributed by atoms with Gasteiger partial charge in [0.25, 0.3) is 0 Å². The van der Waals surface area contributed by atoms with Crippen LogP contribution in [0.15, 0.2) is 24.4 Å². The molecule has 24 heavy (non-hydrogen) atoms. The van der Waals surface area contributed by atoms with Gasteiger partial charge in [-0.1, -0.05) is 0 Å². The van der Waals surface area contributed by atoms with Crippen molar-refractivity contribution in [3.05, 3.63) is 47.0 Å². The Kier molecular flexibility index (Phi) is 5.57. The summed E-state index contributed by atoms with van der Waals surface area (Å²) in [6.45, 7) is 3.75. The SMILES string of the molecule is COC(=O)CCn1c(C)cc(C(=O)COC(=O)c2ccc[nH]2)c1C. The van der Waals surface area contributed by atoms with E-state index < -0.39 is 5.97 Å². The standard InChI is InChI=1S/C17H20N2O5/c1-11-9-13(12(2)19(11)8-6-16(21)23-3)15(20)10-24-17(22)14-5-4-7-18-14/h4-5,7,9,18H,6,8,10H2,1-3H3. The highest BCUT2D eigenvalue weighted by atomic mass is 16.5. The number of methoxy groups -OCH3 is 1. The third kappa shape index (κ3) is 3.92. The van der Waals surface area contributed by atoms with Gasteiger partial charge < -0.3 is 19.0 Å². The molecule has 0 atom stereocenters. The molecule has 0 spiro atoms. The second-order valence-electron chi connectivity index (χ2n) is 5.35. The van der Waals surface area contributed by atoms with Crippen LogP contribution in [0.25, 0.3) is 0 Å². The molecular formula is C17H20N2O5. The summed E-state index contributed by atoms with van der Waals surface area (Å²) in [4.78, 5) is 38.1. The van der Waals surface area contributed by atoms with E-state index in [1.165, 1.54) is 7.11 Å². The average molecular weight is 332 g/mol. The quantitative estimate of drug-likeness (QED) is 0.619. The van der Waals surface area contributed by atoms with E-state index in [-0.39, 0.29) is 24.8 Å². The van der Waals surface area contributed by atoms with Gasteiger partial charge in [0.05, 0.1) is 13.5 Å². The van der Waals surface area contributed by atoms with Crippen LogP contribution in [0.4, 0.5) is 0 Å². The molecule has 0 aliphatic heterocycles. The molecule has 0 aliphatic rings. The zero-order valence-corrected chi connectivity index (χ0v) is 13.9. The number of aromatic nitrogens is 2. The number of Topliss-reactive ketones (excluding diaryl/α,β-unsaturated/α-hetero) is 1. The Hall–Kier alpha value is -2.83. The lowest BCUT2D eigenvalue weighted by atomic mass is 10.1. The fourth-order valence-corrected chi connectivity index (χ4v) is 2.48. The second-order valence-corrected chi connectivity index (χ2v) is 5.35. The highest BCUT2D eigenvalue weighted by Crippen LogP contribution is 2.17. The van der Waals surface area contributed by atoms with Gasteiger partial charge in [-0.25, -0.2) is 4.79 Å². The molecule has 0 aliphatic carbocycles. The molecule has 7 heteroatoms. The molecule has 0 unspecified atom stereocenters. The second kappa shape index (κ2) is 7.63. The van der Waals surface area contributed by atoms with Crippen LogP contribution < -0.4 is 0 Å². The predicted molar refractivity (Wildman–Crippen MR) is 85.9 cm³/mol. The third-order valence-electron chi connectivity index (χ3n) is 3.79. The maximum absolute atomic E-state index is 12.3. The highest BCUT2D eigenvalue weighted by molar-refractivity contribution is 6.00. The number of hydrogen-bond acceptors (Lipinski definition) is 5. The van der Waals surface area contributed by atoms with Gasteiger partial charge in [-0.05, 0) is 32.0 Å². The number of ether oxygens (including phenoxy) is 2. The Balaban J connectivity index is 2.02. The minimum Gasteiger partial charge on any atom is -0.469 e. The molecule has 0 bridgehead atoms. The van der Waals surface area contributed by atoms with Gasteiger partial charge in [0.1, 0.15) is 5.69 Å². The normalized spacial score (nSPS) is 10.5. The Bertz CT molecular complexity index is 743. The Morgan fingerprint density at radius 1 is 1.25 bits per heavy atom. The molecule has 2 aromatic heterocycles. The monoisotopic (exact) mass is 332 g/mol. The summed E-state index contributed by atoms with van der Waals surface area (Å²) in [7, 11) is 1.34. The van der Waals surface area contributed by atoms with E-state index in [2.05, 4.69) is 9.72 Å². The van der Waals surface area contributed by atoms with Crippen LogP contribution in [-0.4, -0.2) is 41.0 Å². The first-order valence-corrected chi connectivity index (χ1v) is 7.51. The zero-order valence-electron chi connectivity index (χ0n) is 13.9. The summed E-state index contributed by atoms with van der Waals surface area (Å²) in [5.74, 6) is -1.17. The van der Waals surface area contributed by atoms with Crippen molar-refractivity contribution >= 4 is 17.7 Å². The molecular weight excluding hydrogens is 312 g/mol. The lowest BCUT2D eigenvalue weighted by Gasteiger charge is -2.09. The molecule has 0 saturated heterocycles. The maximum Gasteiger partial charge on any atom is 0.355 e. The van der Waals surface area contributed by atoms with Gasteiger partial charge in [0, 0.05) is 29.7 Å². The summed E-state index contributed by atoms with van der Waals surface area (Å²) < 4.78 is 11.5. The van der Waals surface area contributed by atoms with E-state index in [1.807, 2.05) is 11.5 Å².